The fourth-order valence-electron chi connectivity index (χ4n) is 3.62. The van der Waals surface area contributed by atoms with Gasteiger partial charge in [-0.15, -0.1) is 0 Å². The summed E-state index contributed by atoms with van der Waals surface area (Å²) in [6.07, 6.45) is 2.97. The molecular weight excluding hydrogens is 420 g/mol. The third-order valence-electron chi connectivity index (χ3n) is 5.27. The SMILES string of the molecule is COc1ccc(Br)cc1S(=O)(=O)N1CCC(CCN2CCOCC2)CC1. The van der Waals surface area contributed by atoms with E-state index in [1.54, 1.807) is 22.5 Å². The first-order valence-corrected chi connectivity index (χ1v) is 11.4. The zero-order valence-corrected chi connectivity index (χ0v) is 17.6. The van der Waals surface area contributed by atoms with Crippen molar-refractivity contribution in [2.24, 2.45) is 5.92 Å². The Balaban J connectivity index is 1.57. The van der Waals surface area contributed by atoms with Gasteiger partial charge in [-0.05, 0) is 49.9 Å². The maximum Gasteiger partial charge on any atom is 0.246 e. The number of morpholine rings is 1. The summed E-state index contributed by atoms with van der Waals surface area (Å²) in [5.74, 6) is 0.983. The Morgan fingerprint density at radius 2 is 1.88 bits per heavy atom. The van der Waals surface area contributed by atoms with Crippen molar-refractivity contribution >= 4 is 26.0 Å². The maximum absolute atomic E-state index is 13.0. The van der Waals surface area contributed by atoms with Crippen LogP contribution in [0.1, 0.15) is 19.3 Å². The molecule has 0 atom stereocenters. The molecule has 0 bridgehead atoms. The first-order valence-electron chi connectivity index (χ1n) is 9.14. The monoisotopic (exact) mass is 446 g/mol. The molecule has 26 heavy (non-hydrogen) atoms. The summed E-state index contributed by atoms with van der Waals surface area (Å²) in [5.41, 5.74) is 0. The number of ether oxygens (including phenoxy) is 2. The second kappa shape index (κ2) is 9.01. The highest BCUT2D eigenvalue weighted by atomic mass is 79.9. The quantitative estimate of drug-likeness (QED) is 0.671. The van der Waals surface area contributed by atoms with Crippen molar-refractivity contribution in [1.29, 1.82) is 0 Å². The van der Waals surface area contributed by atoms with Crippen LogP contribution in [0.2, 0.25) is 0 Å². The van der Waals surface area contributed by atoms with E-state index in [0.717, 1.165) is 56.6 Å². The number of halogens is 1. The lowest BCUT2D eigenvalue weighted by Crippen LogP contribution is -2.40. The number of nitrogens with zero attached hydrogens (tertiary/aromatic N) is 2. The molecule has 146 valence electrons. The molecule has 0 saturated carbocycles. The van der Waals surface area contributed by atoms with Gasteiger partial charge in [-0.25, -0.2) is 8.42 Å². The Morgan fingerprint density at radius 1 is 1.19 bits per heavy atom. The van der Waals surface area contributed by atoms with Gasteiger partial charge in [0.2, 0.25) is 10.0 Å². The van der Waals surface area contributed by atoms with Crippen molar-refractivity contribution < 1.29 is 17.9 Å². The summed E-state index contributed by atoms with van der Waals surface area (Å²) >= 11 is 3.36. The molecule has 2 heterocycles. The molecule has 0 aromatic heterocycles. The van der Waals surface area contributed by atoms with Crippen molar-refractivity contribution in [1.82, 2.24) is 9.21 Å². The van der Waals surface area contributed by atoms with E-state index in [1.165, 1.54) is 7.11 Å². The molecule has 0 unspecified atom stereocenters. The van der Waals surface area contributed by atoms with Crippen LogP contribution in [0.4, 0.5) is 0 Å². The van der Waals surface area contributed by atoms with E-state index in [1.807, 2.05) is 0 Å². The minimum Gasteiger partial charge on any atom is -0.495 e. The summed E-state index contributed by atoms with van der Waals surface area (Å²) in [4.78, 5) is 2.68. The summed E-state index contributed by atoms with van der Waals surface area (Å²) in [6, 6.07) is 5.10. The van der Waals surface area contributed by atoms with E-state index in [2.05, 4.69) is 20.8 Å². The standard InChI is InChI=1S/C18H27BrN2O4S/c1-24-17-3-2-16(19)14-18(17)26(22,23)21-8-5-15(6-9-21)4-7-20-10-12-25-13-11-20/h2-3,14-15H,4-13H2,1H3. The number of hydrogen-bond acceptors (Lipinski definition) is 5. The predicted octanol–water partition coefficient (Wildman–Crippen LogP) is 2.58. The van der Waals surface area contributed by atoms with E-state index >= 15 is 0 Å². The van der Waals surface area contributed by atoms with E-state index < -0.39 is 10.0 Å². The Labute approximate surface area is 164 Å². The molecular formula is C18H27BrN2O4S. The van der Waals surface area contributed by atoms with Gasteiger partial charge in [0.1, 0.15) is 10.6 Å². The Morgan fingerprint density at radius 3 is 2.54 bits per heavy atom. The van der Waals surface area contributed by atoms with Gasteiger partial charge in [-0.3, -0.25) is 4.90 Å². The molecule has 0 amide bonds. The lowest BCUT2D eigenvalue weighted by atomic mass is 9.94. The van der Waals surface area contributed by atoms with Gasteiger partial charge in [0, 0.05) is 30.7 Å². The van der Waals surface area contributed by atoms with Crippen LogP contribution in [0.3, 0.4) is 0 Å². The molecule has 0 spiro atoms. The number of rotatable bonds is 6. The van der Waals surface area contributed by atoms with Crippen molar-refractivity contribution in [2.75, 3.05) is 53.0 Å². The maximum atomic E-state index is 13.0. The number of methoxy groups -OCH3 is 1. The van der Waals surface area contributed by atoms with Crippen molar-refractivity contribution in [3.05, 3.63) is 22.7 Å². The van der Waals surface area contributed by atoms with Crippen LogP contribution in [0, 0.1) is 5.92 Å². The molecule has 6 nitrogen and oxygen atoms in total. The molecule has 8 heteroatoms. The van der Waals surface area contributed by atoms with Crippen LogP contribution in [-0.4, -0.2) is 70.7 Å². The highest BCUT2D eigenvalue weighted by Gasteiger charge is 2.31. The number of sulfonamides is 1. The van der Waals surface area contributed by atoms with Crippen molar-refractivity contribution in [3.63, 3.8) is 0 Å². The van der Waals surface area contributed by atoms with Crippen LogP contribution >= 0.6 is 15.9 Å². The topological polar surface area (TPSA) is 59.1 Å². The van der Waals surface area contributed by atoms with Crippen LogP contribution in [0.15, 0.2) is 27.6 Å². The zero-order chi connectivity index (χ0) is 18.6. The molecule has 2 aliphatic rings. The van der Waals surface area contributed by atoms with E-state index in [-0.39, 0.29) is 4.90 Å². The molecule has 0 radical (unpaired) electrons. The van der Waals surface area contributed by atoms with Crippen molar-refractivity contribution in [3.8, 4) is 5.75 Å². The van der Waals surface area contributed by atoms with Gasteiger partial charge < -0.3 is 9.47 Å². The molecule has 1 aromatic rings. The third kappa shape index (κ3) is 4.78. The Hall–Kier alpha value is -0.670. The molecule has 2 fully saturated rings. The molecule has 1 aromatic carbocycles. The number of hydrogen-bond donors (Lipinski definition) is 0. The third-order valence-corrected chi connectivity index (χ3v) is 7.69. The smallest absolute Gasteiger partial charge is 0.246 e. The van der Waals surface area contributed by atoms with Crippen LogP contribution in [-0.2, 0) is 14.8 Å². The summed E-state index contributed by atoms with van der Waals surface area (Å²) < 4.78 is 39.0. The van der Waals surface area contributed by atoms with Gasteiger partial charge in [-0.1, -0.05) is 15.9 Å². The van der Waals surface area contributed by atoms with Gasteiger partial charge in [-0.2, -0.15) is 4.31 Å². The lowest BCUT2D eigenvalue weighted by Gasteiger charge is -2.33. The van der Waals surface area contributed by atoms with Crippen LogP contribution in [0.5, 0.6) is 5.75 Å². The van der Waals surface area contributed by atoms with Crippen LogP contribution < -0.4 is 4.74 Å². The zero-order valence-electron chi connectivity index (χ0n) is 15.2. The van der Waals surface area contributed by atoms with E-state index in [0.29, 0.717) is 24.8 Å². The first-order chi connectivity index (χ1) is 12.5. The average molecular weight is 447 g/mol. The lowest BCUT2D eigenvalue weighted by molar-refractivity contribution is 0.0343. The average Bonchev–Trinajstić information content (AvgIpc) is 2.67. The normalized spacial score (nSPS) is 21.0. The van der Waals surface area contributed by atoms with Crippen LogP contribution in [0.25, 0.3) is 0 Å². The fourth-order valence-corrected chi connectivity index (χ4v) is 5.78. The molecule has 2 saturated heterocycles. The predicted molar refractivity (Wildman–Crippen MR) is 104 cm³/mol. The van der Waals surface area contributed by atoms with Gasteiger partial charge in [0.05, 0.1) is 20.3 Å². The minimum absolute atomic E-state index is 0.237. The molecule has 3 rings (SSSR count). The highest BCUT2D eigenvalue weighted by Crippen LogP contribution is 2.32. The fraction of sp³-hybridized carbons (Fsp3) is 0.667. The number of piperidine rings is 1. The molecule has 0 aliphatic carbocycles. The summed E-state index contributed by atoms with van der Waals surface area (Å²) in [6.45, 7) is 5.90. The molecule has 2 aliphatic heterocycles. The summed E-state index contributed by atoms with van der Waals surface area (Å²) in [5, 5.41) is 0. The van der Waals surface area contributed by atoms with Gasteiger partial charge in [0.25, 0.3) is 0 Å². The van der Waals surface area contributed by atoms with Crippen molar-refractivity contribution in [2.45, 2.75) is 24.2 Å². The second-order valence-electron chi connectivity index (χ2n) is 6.89. The Bertz CT molecular complexity index is 699. The highest BCUT2D eigenvalue weighted by molar-refractivity contribution is 9.10. The largest absolute Gasteiger partial charge is 0.495 e. The Kier molecular flexibility index (Phi) is 6.96. The summed E-state index contributed by atoms with van der Waals surface area (Å²) in [7, 11) is -2.03. The minimum atomic E-state index is -3.53. The second-order valence-corrected chi connectivity index (χ2v) is 9.71. The van der Waals surface area contributed by atoms with E-state index in [9.17, 15) is 8.42 Å². The van der Waals surface area contributed by atoms with Gasteiger partial charge in [0.15, 0.2) is 0 Å². The van der Waals surface area contributed by atoms with Gasteiger partial charge >= 0.3 is 0 Å². The number of benzene rings is 1. The first kappa shape index (κ1) is 20.1. The molecule has 0 N–H and O–H groups in total. The van der Waals surface area contributed by atoms with E-state index in [4.69, 9.17) is 9.47 Å².